The van der Waals surface area contributed by atoms with Crippen molar-refractivity contribution in [2.75, 3.05) is 0 Å². The van der Waals surface area contributed by atoms with Crippen molar-refractivity contribution in [3.8, 4) is 0 Å². The van der Waals surface area contributed by atoms with E-state index < -0.39 is 17.9 Å². The monoisotopic (exact) mass is 298 g/mol. The molecule has 21 heavy (non-hydrogen) atoms. The van der Waals surface area contributed by atoms with Crippen molar-refractivity contribution in [2.45, 2.75) is 71.6 Å². The number of carboxylic acid groups (broad SMARTS) is 2. The molecule has 2 unspecified atom stereocenters. The Morgan fingerprint density at radius 3 is 2.10 bits per heavy atom. The third kappa shape index (κ3) is 11.1. The average Bonchev–Trinajstić information content (AvgIpc) is 2.42. The number of allylic oxidation sites excluding steroid dienone is 2. The summed E-state index contributed by atoms with van der Waals surface area (Å²) < 4.78 is 0. The first-order chi connectivity index (χ1) is 9.99. The summed E-state index contributed by atoms with van der Waals surface area (Å²) in [6.07, 6.45) is 13.3. The molecule has 2 atom stereocenters. The molecule has 0 aliphatic carbocycles. The van der Waals surface area contributed by atoms with Crippen LogP contribution in [0.15, 0.2) is 12.2 Å². The van der Waals surface area contributed by atoms with Gasteiger partial charge in [-0.2, -0.15) is 0 Å². The SMILES string of the molecule is CCCCCCCCC/C=C/C(C)C(CC(=O)O)C(=O)O. The maximum Gasteiger partial charge on any atom is 0.307 e. The number of hydrogen-bond acceptors (Lipinski definition) is 2. The Morgan fingerprint density at radius 1 is 1.00 bits per heavy atom. The normalized spacial score (nSPS) is 14.2. The van der Waals surface area contributed by atoms with Crippen LogP contribution in [0.2, 0.25) is 0 Å². The van der Waals surface area contributed by atoms with Gasteiger partial charge in [-0.25, -0.2) is 0 Å². The summed E-state index contributed by atoms with van der Waals surface area (Å²) in [4.78, 5) is 21.7. The van der Waals surface area contributed by atoms with Crippen molar-refractivity contribution in [3.63, 3.8) is 0 Å². The first-order valence-corrected chi connectivity index (χ1v) is 8.10. The number of hydrogen-bond donors (Lipinski definition) is 2. The summed E-state index contributed by atoms with van der Waals surface area (Å²) in [5.74, 6) is -3.18. The number of carbonyl (C=O) groups is 2. The number of unbranched alkanes of at least 4 members (excludes halogenated alkanes) is 7. The summed E-state index contributed by atoms with van der Waals surface area (Å²) in [5.41, 5.74) is 0. The van der Waals surface area contributed by atoms with E-state index in [-0.39, 0.29) is 12.3 Å². The number of carboxylic acids is 2. The van der Waals surface area contributed by atoms with Gasteiger partial charge >= 0.3 is 11.9 Å². The summed E-state index contributed by atoms with van der Waals surface area (Å²) in [7, 11) is 0. The Kier molecular flexibility index (Phi) is 11.6. The van der Waals surface area contributed by atoms with Gasteiger partial charge in [0.1, 0.15) is 0 Å². The van der Waals surface area contributed by atoms with Crippen molar-refractivity contribution in [3.05, 3.63) is 12.2 Å². The summed E-state index contributed by atoms with van der Waals surface area (Å²) in [5, 5.41) is 17.8. The van der Waals surface area contributed by atoms with Gasteiger partial charge in [-0.15, -0.1) is 0 Å². The Morgan fingerprint density at radius 2 is 1.57 bits per heavy atom. The molecule has 2 N–H and O–H groups in total. The smallest absolute Gasteiger partial charge is 0.307 e. The highest BCUT2D eigenvalue weighted by atomic mass is 16.4. The predicted octanol–water partition coefficient (Wildman–Crippen LogP) is 4.49. The maximum absolute atomic E-state index is 11.0. The van der Waals surface area contributed by atoms with Gasteiger partial charge in [0.25, 0.3) is 0 Å². The van der Waals surface area contributed by atoms with Gasteiger partial charge in [0.2, 0.25) is 0 Å². The van der Waals surface area contributed by atoms with E-state index >= 15 is 0 Å². The molecule has 0 radical (unpaired) electrons. The lowest BCUT2D eigenvalue weighted by molar-refractivity contribution is -0.149. The van der Waals surface area contributed by atoms with Gasteiger partial charge in [0.05, 0.1) is 12.3 Å². The average molecular weight is 298 g/mol. The molecule has 122 valence electrons. The van der Waals surface area contributed by atoms with Crippen LogP contribution < -0.4 is 0 Å². The lowest BCUT2D eigenvalue weighted by Crippen LogP contribution is -2.23. The molecule has 0 rings (SSSR count). The van der Waals surface area contributed by atoms with E-state index in [0.29, 0.717) is 0 Å². The standard InChI is InChI=1S/C17H30O4/c1-3-4-5-6-7-8-9-10-11-12-14(2)15(17(20)21)13-16(18)19/h11-12,14-15H,3-10,13H2,1-2H3,(H,18,19)(H,20,21)/b12-11+. The van der Waals surface area contributed by atoms with E-state index in [0.717, 1.165) is 12.8 Å². The topological polar surface area (TPSA) is 74.6 Å². The van der Waals surface area contributed by atoms with Gasteiger partial charge in [0.15, 0.2) is 0 Å². The zero-order valence-electron chi connectivity index (χ0n) is 13.4. The fraction of sp³-hybridized carbons (Fsp3) is 0.765. The van der Waals surface area contributed by atoms with Crippen LogP contribution in [0.3, 0.4) is 0 Å². The summed E-state index contributed by atoms with van der Waals surface area (Å²) in [6, 6.07) is 0. The molecule has 0 aliphatic heterocycles. The number of aliphatic carboxylic acids is 2. The van der Waals surface area contributed by atoms with Crippen LogP contribution in [0.25, 0.3) is 0 Å². The highest BCUT2D eigenvalue weighted by Gasteiger charge is 2.25. The third-order valence-corrected chi connectivity index (χ3v) is 3.76. The molecule has 0 saturated carbocycles. The van der Waals surface area contributed by atoms with Gasteiger partial charge in [-0.05, 0) is 18.8 Å². The molecule has 0 aromatic rings. The first kappa shape index (κ1) is 19.7. The second kappa shape index (κ2) is 12.4. The van der Waals surface area contributed by atoms with Gasteiger partial charge < -0.3 is 10.2 Å². The van der Waals surface area contributed by atoms with Crippen LogP contribution in [0, 0.1) is 11.8 Å². The van der Waals surface area contributed by atoms with E-state index in [1.54, 1.807) is 6.92 Å². The molecule has 0 aromatic carbocycles. The van der Waals surface area contributed by atoms with E-state index in [4.69, 9.17) is 10.2 Å². The quantitative estimate of drug-likeness (QED) is 0.388. The zero-order valence-corrected chi connectivity index (χ0v) is 13.4. The van der Waals surface area contributed by atoms with Crippen molar-refractivity contribution in [1.29, 1.82) is 0 Å². The Balaban J connectivity index is 3.84. The van der Waals surface area contributed by atoms with Crippen LogP contribution in [-0.4, -0.2) is 22.2 Å². The molecule has 4 heteroatoms. The van der Waals surface area contributed by atoms with Crippen LogP contribution in [-0.2, 0) is 9.59 Å². The minimum atomic E-state index is -1.06. The first-order valence-electron chi connectivity index (χ1n) is 8.10. The second-order valence-electron chi connectivity index (χ2n) is 5.74. The Labute approximate surface area is 128 Å². The van der Waals surface area contributed by atoms with Crippen LogP contribution in [0.1, 0.15) is 71.6 Å². The van der Waals surface area contributed by atoms with Crippen molar-refractivity contribution in [1.82, 2.24) is 0 Å². The third-order valence-electron chi connectivity index (χ3n) is 3.76. The Hall–Kier alpha value is -1.32. The van der Waals surface area contributed by atoms with Crippen molar-refractivity contribution >= 4 is 11.9 Å². The largest absolute Gasteiger partial charge is 0.481 e. The molecule has 0 spiro atoms. The van der Waals surface area contributed by atoms with E-state index in [1.807, 2.05) is 12.2 Å². The van der Waals surface area contributed by atoms with Crippen molar-refractivity contribution < 1.29 is 19.8 Å². The molecule has 0 aliphatic rings. The van der Waals surface area contributed by atoms with Gasteiger partial charge in [0, 0.05) is 0 Å². The molecule has 0 bridgehead atoms. The second-order valence-corrected chi connectivity index (χ2v) is 5.74. The van der Waals surface area contributed by atoms with E-state index in [1.165, 1.54) is 38.5 Å². The summed E-state index contributed by atoms with van der Waals surface area (Å²) in [6.45, 7) is 3.98. The van der Waals surface area contributed by atoms with E-state index in [2.05, 4.69) is 6.92 Å². The van der Waals surface area contributed by atoms with Crippen LogP contribution in [0.4, 0.5) is 0 Å². The minimum absolute atomic E-state index is 0.247. The molecular weight excluding hydrogens is 268 g/mol. The lowest BCUT2D eigenvalue weighted by Gasteiger charge is -2.14. The predicted molar refractivity (Wildman–Crippen MR) is 84.3 cm³/mol. The summed E-state index contributed by atoms with van der Waals surface area (Å²) >= 11 is 0. The molecule has 0 amide bonds. The van der Waals surface area contributed by atoms with Crippen molar-refractivity contribution in [2.24, 2.45) is 11.8 Å². The molecular formula is C17H30O4. The highest BCUT2D eigenvalue weighted by Crippen LogP contribution is 2.18. The van der Waals surface area contributed by atoms with Crippen LogP contribution in [0.5, 0.6) is 0 Å². The molecule has 0 aromatic heterocycles. The van der Waals surface area contributed by atoms with Gasteiger partial charge in [-0.3, -0.25) is 9.59 Å². The zero-order chi connectivity index (χ0) is 16.1. The molecule has 0 heterocycles. The minimum Gasteiger partial charge on any atom is -0.481 e. The molecule has 4 nitrogen and oxygen atoms in total. The molecule has 0 fully saturated rings. The fourth-order valence-electron chi connectivity index (χ4n) is 2.35. The van der Waals surface area contributed by atoms with E-state index in [9.17, 15) is 9.59 Å². The fourth-order valence-corrected chi connectivity index (χ4v) is 2.35. The van der Waals surface area contributed by atoms with Crippen LogP contribution >= 0.6 is 0 Å². The lowest BCUT2D eigenvalue weighted by atomic mass is 9.90. The van der Waals surface area contributed by atoms with Gasteiger partial charge in [-0.1, -0.05) is 64.5 Å². The Bertz CT molecular complexity index is 323. The highest BCUT2D eigenvalue weighted by molar-refractivity contribution is 5.78. The number of rotatable bonds is 13. The maximum atomic E-state index is 11.0. The molecule has 0 saturated heterocycles.